The maximum Gasteiger partial charge on any atom is 0.0541 e. The summed E-state index contributed by atoms with van der Waals surface area (Å²) in [4.78, 5) is 2.40. The standard InChI is InChI=1S/C70H48N2/c1-2-15-49(16-3-1)57-20-13-23-61(47-57)65-25-6-9-28-68(65)71(63-43-39-54(40-44-63)56-19-12-21-58(45-56)60-36-35-50-17-4-5-18-55(50)46-60)62-41-37-52(38-42-62)51-31-33-53(34-32-51)59-22-14-24-64(48-59)72-69-29-10-7-26-66(69)67-27-8-11-30-70(67)72/h1-48H. The fourth-order valence-corrected chi connectivity index (χ4v) is 10.6. The van der Waals surface area contributed by atoms with Crippen molar-refractivity contribution in [1.82, 2.24) is 4.57 Å². The van der Waals surface area contributed by atoms with E-state index in [4.69, 9.17) is 0 Å². The average molecular weight is 917 g/mol. The molecule has 0 unspecified atom stereocenters. The quantitative estimate of drug-likeness (QED) is 0.133. The number of para-hydroxylation sites is 3. The smallest absolute Gasteiger partial charge is 0.0541 e. The Morgan fingerprint density at radius 1 is 0.236 bits per heavy atom. The summed E-state index contributed by atoms with van der Waals surface area (Å²) in [5.41, 5.74) is 21.0. The zero-order valence-electron chi connectivity index (χ0n) is 39.6. The summed E-state index contributed by atoms with van der Waals surface area (Å²) in [7, 11) is 0. The van der Waals surface area contributed by atoms with Gasteiger partial charge in [0, 0.05) is 33.4 Å². The minimum Gasteiger partial charge on any atom is -0.310 e. The molecule has 0 aliphatic rings. The van der Waals surface area contributed by atoms with E-state index in [0.29, 0.717) is 0 Å². The van der Waals surface area contributed by atoms with Gasteiger partial charge in [0.2, 0.25) is 0 Å². The van der Waals surface area contributed by atoms with Crippen LogP contribution in [0.3, 0.4) is 0 Å². The molecule has 2 nitrogen and oxygen atoms in total. The molecule has 0 aliphatic heterocycles. The first-order chi connectivity index (χ1) is 35.7. The number of hydrogen-bond donors (Lipinski definition) is 0. The minimum atomic E-state index is 1.08. The van der Waals surface area contributed by atoms with E-state index >= 15 is 0 Å². The first-order valence-corrected chi connectivity index (χ1v) is 24.7. The molecular weight excluding hydrogens is 869 g/mol. The zero-order chi connectivity index (χ0) is 47.8. The third kappa shape index (κ3) is 8.01. The van der Waals surface area contributed by atoms with Crippen LogP contribution in [0.2, 0.25) is 0 Å². The van der Waals surface area contributed by atoms with Crippen molar-refractivity contribution in [3.05, 3.63) is 291 Å². The summed E-state index contributed by atoms with van der Waals surface area (Å²) in [6, 6.07) is 106. The largest absolute Gasteiger partial charge is 0.310 e. The molecule has 1 aromatic heterocycles. The minimum absolute atomic E-state index is 1.08. The summed E-state index contributed by atoms with van der Waals surface area (Å²) in [5.74, 6) is 0. The number of rotatable bonds is 10. The third-order valence-electron chi connectivity index (χ3n) is 14.2. The Morgan fingerprint density at radius 3 is 1.28 bits per heavy atom. The SMILES string of the molecule is c1ccc(-c2cccc(-c3ccccc3N(c3ccc(-c4ccc(-c5cccc(-n6c7ccccc7c7ccccc76)c5)cc4)cc3)c3ccc(-c4cccc(-c5ccc6ccccc6c5)c4)cc3)c2)cc1. The van der Waals surface area contributed by atoms with Gasteiger partial charge in [-0.3, -0.25) is 0 Å². The Balaban J connectivity index is 0.840. The topological polar surface area (TPSA) is 8.17 Å². The molecule has 0 N–H and O–H groups in total. The lowest BCUT2D eigenvalue weighted by Crippen LogP contribution is -2.11. The molecule has 0 bridgehead atoms. The van der Waals surface area contributed by atoms with E-state index in [1.165, 1.54) is 82.6 Å². The highest BCUT2D eigenvalue weighted by molar-refractivity contribution is 6.09. The summed E-state index contributed by atoms with van der Waals surface area (Å²) in [6.07, 6.45) is 0. The van der Waals surface area contributed by atoms with Gasteiger partial charge in [-0.1, -0.05) is 218 Å². The lowest BCUT2D eigenvalue weighted by atomic mass is 9.96. The monoisotopic (exact) mass is 916 g/mol. The van der Waals surface area contributed by atoms with Crippen molar-refractivity contribution in [2.24, 2.45) is 0 Å². The molecule has 0 saturated carbocycles. The number of anilines is 3. The molecule has 1 heterocycles. The molecular formula is C70H48N2. The van der Waals surface area contributed by atoms with Crippen LogP contribution in [0.5, 0.6) is 0 Å². The first-order valence-electron chi connectivity index (χ1n) is 24.7. The van der Waals surface area contributed by atoms with Crippen LogP contribution in [0.15, 0.2) is 291 Å². The van der Waals surface area contributed by atoms with Gasteiger partial charge in [0.25, 0.3) is 0 Å². The molecule has 0 radical (unpaired) electrons. The van der Waals surface area contributed by atoms with Crippen molar-refractivity contribution in [3.8, 4) is 72.4 Å². The van der Waals surface area contributed by atoms with E-state index < -0.39 is 0 Å². The van der Waals surface area contributed by atoms with Crippen molar-refractivity contribution in [1.29, 1.82) is 0 Å². The second kappa shape index (κ2) is 18.4. The summed E-state index contributed by atoms with van der Waals surface area (Å²) < 4.78 is 2.38. The van der Waals surface area contributed by atoms with Gasteiger partial charge in [-0.05, 0) is 145 Å². The van der Waals surface area contributed by atoms with E-state index in [1.807, 2.05) is 0 Å². The molecule has 338 valence electrons. The van der Waals surface area contributed by atoms with E-state index in [-0.39, 0.29) is 0 Å². The van der Waals surface area contributed by atoms with Crippen LogP contribution in [0.25, 0.3) is 105 Å². The molecule has 0 aliphatic carbocycles. The molecule has 12 aromatic carbocycles. The highest BCUT2D eigenvalue weighted by atomic mass is 15.1. The first kappa shape index (κ1) is 42.6. The Bertz CT molecular complexity index is 4020. The highest BCUT2D eigenvalue weighted by Crippen LogP contribution is 2.43. The van der Waals surface area contributed by atoms with Gasteiger partial charge in [0.15, 0.2) is 0 Å². The molecule has 0 atom stereocenters. The van der Waals surface area contributed by atoms with Crippen LogP contribution in [-0.4, -0.2) is 4.57 Å². The van der Waals surface area contributed by atoms with E-state index in [0.717, 1.165) is 39.4 Å². The Labute approximate surface area is 420 Å². The van der Waals surface area contributed by atoms with Crippen molar-refractivity contribution in [3.63, 3.8) is 0 Å². The van der Waals surface area contributed by atoms with Gasteiger partial charge < -0.3 is 9.47 Å². The fourth-order valence-electron chi connectivity index (χ4n) is 10.6. The Kier molecular flexibility index (Phi) is 10.9. The number of nitrogens with zero attached hydrogens (tertiary/aromatic N) is 2. The molecule has 0 spiro atoms. The predicted molar refractivity (Wildman–Crippen MR) is 306 cm³/mol. The van der Waals surface area contributed by atoms with Crippen LogP contribution in [-0.2, 0) is 0 Å². The fraction of sp³-hybridized carbons (Fsp3) is 0. The Morgan fingerprint density at radius 2 is 0.639 bits per heavy atom. The average Bonchev–Trinajstić information content (AvgIpc) is 3.80. The van der Waals surface area contributed by atoms with Gasteiger partial charge in [-0.25, -0.2) is 0 Å². The van der Waals surface area contributed by atoms with Gasteiger partial charge in [-0.2, -0.15) is 0 Å². The molecule has 0 amide bonds. The number of benzene rings is 12. The Hall–Kier alpha value is -9.50. The normalized spacial score (nSPS) is 11.3. The van der Waals surface area contributed by atoms with Crippen LogP contribution in [0.4, 0.5) is 17.1 Å². The number of fused-ring (bicyclic) bond motifs is 4. The predicted octanol–water partition coefficient (Wildman–Crippen LogP) is 19.4. The molecule has 2 heteroatoms. The van der Waals surface area contributed by atoms with Gasteiger partial charge >= 0.3 is 0 Å². The van der Waals surface area contributed by atoms with E-state index in [2.05, 4.69) is 301 Å². The zero-order valence-corrected chi connectivity index (χ0v) is 39.6. The van der Waals surface area contributed by atoms with E-state index in [1.54, 1.807) is 0 Å². The van der Waals surface area contributed by atoms with Crippen LogP contribution >= 0.6 is 0 Å². The molecule has 0 fully saturated rings. The summed E-state index contributed by atoms with van der Waals surface area (Å²) >= 11 is 0. The second-order valence-electron chi connectivity index (χ2n) is 18.5. The van der Waals surface area contributed by atoms with Crippen molar-refractivity contribution in [2.45, 2.75) is 0 Å². The van der Waals surface area contributed by atoms with Crippen LogP contribution in [0.1, 0.15) is 0 Å². The summed E-state index contributed by atoms with van der Waals surface area (Å²) in [6.45, 7) is 0. The van der Waals surface area contributed by atoms with E-state index in [9.17, 15) is 0 Å². The van der Waals surface area contributed by atoms with Crippen molar-refractivity contribution in [2.75, 3.05) is 4.90 Å². The van der Waals surface area contributed by atoms with Crippen LogP contribution < -0.4 is 4.90 Å². The number of aromatic nitrogens is 1. The molecule has 72 heavy (non-hydrogen) atoms. The maximum atomic E-state index is 2.40. The number of hydrogen-bond acceptors (Lipinski definition) is 1. The molecule has 0 saturated heterocycles. The third-order valence-corrected chi connectivity index (χ3v) is 14.2. The lowest BCUT2D eigenvalue weighted by molar-refractivity contribution is 1.18. The van der Waals surface area contributed by atoms with Gasteiger partial charge in [-0.15, -0.1) is 0 Å². The highest BCUT2D eigenvalue weighted by Gasteiger charge is 2.19. The van der Waals surface area contributed by atoms with Crippen LogP contribution in [0, 0.1) is 0 Å². The molecule has 13 aromatic rings. The maximum absolute atomic E-state index is 2.40. The van der Waals surface area contributed by atoms with Crippen molar-refractivity contribution >= 4 is 49.6 Å². The summed E-state index contributed by atoms with van der Waals surface area (Å²) in [5, 5.41) is 5.03. The van der Waals surface area contributed by atoms with Gasteiger partial charge in [0.05, 0.1) is 16.7 Å². The van der Waals surface area contributed by atoms with Crippen molar-refractivity contribution < 1.29 is 0 Å². The molecule has 13 rings (SSSR count). The second-order valence-corrected chi connectivity index (χ2v) is 18.5. The van der Waals surface area contributed by atoms with Gasteiger partial charge in [0.1, 0.15) is 0 Å². The lowest BCUT2D eigenvalue weighted by Gasteiger charge is -2.28.